The Balaban J connectivity index is 2.79. The van der Waals surface area contributed by atoms with Crippen molar-refractivity contribution in [3.05, 3.63) is 0 Å². The average molecular weight is 191 g/mol. The summed E-state index contributed by atoms with van der Waals surface area (Å²) in [7, 11) is -2.95. The van der Waals surface area contributed by atoms with E-state index in [1.807, 2.05) is 6.92 Å². The molecule has 2 atom stereocenters. The van der Waals surface area contributed by atoms with Gasteiger partial charge in [0.2, 0.25) is 10.0 Å². The minimum absolute atomic E-state index is 0.190. The highest BCUT2D eigenvalue weighted by molar-refractivity contribution is 7.89. The summed E-state index contributed by atoms with van der Waals surface area (Å²) in [6.07, 6.45) is 1.00. The molecule has 1 heterocycles. The fourth-order valence-corrected chi connectivity index (χ4v) is 3.05. The van der Waals surface area contributed by atoms with Gasteiger partial charge in [0.15, 0.2) is 0 Å². The third kappa shape index (κ3) is 1.64. The van der Waals surface area contributed by atoms with E-state index in [1.54, 1.807) is 11.2 Å². The van der Waals surface area contributed by atoms with Crippen LogP contribution in [-0.2, 0) is 10.0 Å². The largest absolute Gasteiger partial charge is 0.214 e. The number of nitrogens with zero attached hydrogens (tertiary/aromatic N) is 1. The second-order valence-electron chi connectivity index (χ2n) is 3.52. The van der Waals surface area contributed by atoms with Gasteiger partial charge in [-0.3, -0.25) is 0 Å². The van der Waals surface area contributed by atoms with Crippen LogP contribution in [0.15, 0.2) is 0 Å². The summed E-state index contributed by atoms with van der Waals surface area (Å²) in [6.45, 7) is 6.50. The minimum Gasteiger partial charge on any atom is -0.212 e. The first kappa shape index (κ1) is 9.99. The smallest absolute Gasteiger partial charge is 0.212 e. The summed E-state index contributed by atoms with van der Waals surface area (Å²) >= 11 is 0. The predicted molar refractivity (Wildman–Crippen MR) is 49.4 cm³/mol. The first-order valence-electron chi connectivity index (χ1n) is 4.48. The van der Waals surface area contributed by atoms with Crippen LogP contribution in [0.1, 0.15) is 27.2 Å². The molecule has 1 rings (SSSR count). The molecular weight excluding hydrogens is 174 g/mol. The molecule has 0 aromatic carbocycles. The molecule has 2 unspecified atom stereocenters. The molecule has 0 bridgehead atoms. The van der Waals surface area contributed by atoms with Crippen molar-refractivity contribution in [2.24, 2.45) is 5.92 Å². The molecule has 0 aromatic rings. The quantitative estimate of drug-likeness (QED) is 0.654. The maximum absolute atomic E-state index is 11.5. The lowest BCUT2D eigenvalue weighted by atomic mass is 10.1. The molecule has 1 fully saturated rings. The van der Waals surface area contributed by atoms with E-state index in [9.17, 15) is 8.42 Å². The van der Waals surface area contributed by atoms with E-state index in [2.05, 4.69) is 6.92 Å². The summed E-state index contributed by atoms with van der Waals surface area (Å²) in [5, 5.41) is 0. The Labute approximate surface area is 74.8 Å². The van der Waals surface area contributed by atoms with Crippen LogP contribution in [0, 0.1) is 5.92 Å². The van der Waals surface area contributed by atoms with E-state index in [0.717, 1.165) is 6.42 Å². The monoisotopic (exact) mass is 191 g/mol. The topological polar surface area (TPSA) is 37.4 Å². The molecule has 1 aliphatic heterocycles. The Kier molecular flexibility index (Phi) is 2.78. The van der Waals surface area contributed by atoms with Gasteiger partial charge < -0.3 is 0 Å². The summed E-state index contributed by atoms with van der Waals surface area (Å²) in [5.41, 5.74) is 0. The van der Waals surface area contributed by atoms with Gasteiger partial charge >= 0.3 is 0 Å². The van der Waals surface area contributed by atoms with Gasteiger partial charge in [0.1, 0.15) is 0 Å². The van der Waals surface area contributed by atoms with Crippen LogP contribution in [0.4, 0.5) is 0 Å². The number of hydrogen-bond acceptors (Lipinski definition) is 2. The molecule has 0 radical (unpaired) electrons. The van der Waals surface area contributed by atoms with Crippen LogP contribution in [0.2, 0.25) is 0 Å². The van der Waals surface area contributed by atoms with Gasteiger partial charge in [-0.1, -0.05) is 6.92 Å². The number of rotatable bonds is 2. The van der Waals surface area contributed by atoms with Crippen molar-refractivity contribution in [2.45, 2.75) is 33.2 Å². The number of sulfonamides is 1. The lowest BCUT2D eigenvalue weighted by Crippen LogP contribution is -2.36. The van der Waals surface area contributed by atoms with E-state index in [-0.39, 0.29) is 11.8 Å². The predicted octanol–water partition coefficient (Wildman–Crippen LogP) is 1.07. The second-order valence-corrected chi connectivity index (χ2v) is 5.73. The van der Waals surface area contributed by atoms with Crippen LogP contribution in [-0.4, -0.2) is 31.1 Å². The summed E-state index contributed by atoms with van der Waals surface area (Å²) in [4.78, 5) is 0. The first-order valence-corrected chi connectivity index (χ1v) is 6.09. The van der Waals surface area contributed by atoms with Gasteiger partial charge in [-0.25, -0.2) is 8.42 Å². The highest BCUT2D eigenvalue weighted by Crippen LogP contribution is 2.25. The SMILES string of the molecule is CCS(=O)(=O)N1CCC(C)C1C. The summed E-state index contributed by atoms with van der Waals surface area (Å²) in [5.74, 6) is 0.732. The van der Waals surface area contributed by atoms with Crippen molar-refractivity contribution in [3.63, 3.8) is 0 Å². The van der Waals surface area contributed by atoms with Crippen molar-refractivity contribution >= 4 is 10.0 Å². The molecular formula is C8H17NO2S. The zero-order valence-corrected chi connectivity index (χ0v) is 8.76. The van der Waals surface area contributed by atoms with Crippen molar-refractivity contribution in [1.29, 1.82) is 0 Å². The average Bonchev–Trinajstić information content (AvgIpc) is 2.33. The van der Waals surface area contributed by atoms with Gasteiger partial charge in [-0.15, -0.1) is 0 Å². The van der Waals surface area contributed by atoms with Crippen LogP contribution in [0.3, 0.4) is 0 Å². The van der Waals surface area contributed by atoms with Gasteiger partial charge in [-0.05, 0) is 26.2 Å². The molecule has 0 N–H and O–H groups in total. The van der Waals surface area contributed by atoms with Crippen molar-refractivity contribution < 1.29 is 8.42 Å². The van der Waals surface area contributed by atoms with Gasteiger partial charge in [0.05, 0.1) is 5.75 Å². The Morgan fingerprint density at radius 3 is 2.33 bits per heavy atom. The van der Waals surface area contributed by atoms with E-state index < -0.39 is 10.0 Å². The Hall–Kier alpha value is -0.0900. The van der Waals surface area contributed by atoms with E-state index >= 15 is 0 Å². The van der Waals surface area contributed by atoms with Crippen molar-refractivity contribution in [3.8, 4) is 0 Å². The van der Waals surface area contributed by atoms with Gasteiger partial charge in [0.25, 0.3) is 0 Å². The van der Waals surface area contributed by atoms with Crippen LogP contribution in [0.25, 0.3) is 0 Å². The fraction of sp³-hybridized carbons (Fsp3) is 1.00. The third-order valence-corrected chi connectivity index (χ3v) is 4.76. The molecule has 12 heavy (non-hydrogen) atoms. The molecule has 0 spiro atoms. The van der Waals surface area contributed by atoms with Gasteiger partial charge in [0, 0.05) is 12.6 Å². The second kappa shape index (κ2) is 3.34. The molecule has 3 nitrogen and oxygen atoms in total. The summed E-state index contributed by atoms with van der Waals surface area (Å²) in [6, 6.07) is 0.190. The van der Waals surface area contributed by atoms with E-state index in [0.29, 0.717) is 12.5 Å². The first-order chi connectivity index (χ1) is 5.49. The van der Waals surface area contributed by atoms with Crippen molar-refractivity contribution in [1.82, 2.24) is 4.31 Å². The highest BCUT2D eigenvalue weighted by atomic mass is 32.2. The van der Waals surface area contributed by atoms with E-state index in [1.165, 1.54) is 0 Å². The molecule has 0 aromatic heterocycles. The summed E-state index contributed by atoms with van der Waals surface area (Å²) < 4.78 is 24.6. The molecule has 0 aliphatic carbocycles. The lowest BCUT2D eigenvalue weighted by Gasteiger charge is -2.21. The van der Waals surface area contributed by atoms with Crippen LogP contribution in [0.5, 0.6) is 0 Å². The molecule has 0 saturated carbocycles. The van der Waals surface area contributed by atoms with Gasteiger partial charge in [-0.2, -0.15) is 4.31 Å². The molecule has 4 heteroatoms. The third-order valence-electron chi connectivity index (χ3n) is 2.80. The highest BCUT2D eigenvalue weighted by Gasteiger charge is 2.34. The van der Waals surface area contributed by atoms with E-state index in [4.69, 9.17) is 0 Å². The van der Waals surface area contributed by atoms with Crippen molar-refractivity contribution in [2.75, 3.05) is 12.3 Å². The van der Waals surface area contributed by atoms with Crippen LogP contribution < -0.4 is 0 Å². The lowest BCUT2D eigenvalue weighted by molar-refractivity contribution is 0.372. The molecule has 1 aliphatic rings. The maximum atomic E-state index is 11.5. The minimum atomic E-state index is -2.95. The fourth-order valence-electron chi connectivity index (χ4n) is 1.62. The Bertz CT molecular complexity index is 248. The molecule has 72 valence electrons. The Morgan fingerprint density at radius 1 is 1.42 bits per heavy atom. The normalized spacial score (nSPS) is 32.6. The zero-order valence-electron chi connectivity index (χ0n) is 7.95. The Morgan fingerprint density at radius 2 is 2.00 bits per heavy atom. The maximum Gasteiger partial charge on any atom is 0.214 e. The molecule has 1 saturated heterocycles. The van der Waals surface area contributed by atoms with Crippen LogP contribution >= 0.6 is 0 Å². The zero-order chi connectivity index (χ0) is 9.35. The number of hydrogen-bond donors (Lipinski definition) is 0. The molecule has 0 amide bonds. The standard InChI is InChI=1S/C8H17NO2S/c1-4-12(10,11)9-6-5-7(2)8(9)3/h7-8H,4-6H2,1-3H3.